The van der Waals surface area contributed by atoms with Crippen LogP contribution >= 0.6 is 15.9 Å². The van der Waals surface area contributed by atoms with Crippen LogP contribution in [0.15, 0.2) is 28.7 Å². The minimum absolute atomic E-state index is 0.957. The first-order chi connectivity index (χ1) is 10.3. The number of rotatable bonds is 2. The van der Waals surface area contributed by atoms with Gasteiger partial charge in [-0.2, -0.15) is 0 Å². The van der Waals surface area contributed by atoms with Crippen molar-refractivity contribution in [1.29, 1.82) is 0 Å². The zero-order valence-corrected chi connectivity index (χ0v) is 16.3. The molecule has 0 aromatic heterocycles. The van der Waals surface area contributed by atoms with Crippen LogP contribution in [0.2, 0.25) is 0 Å². The molecule has 0 saturated carbocycles. The van der Waals surface area contributed by atoms with Gasteiger partial charge < -0.3 is 5.73 Å². The van der Waals surface area contributed by atoms with Crippen molar-refractivity contribution in [2.24, 2.45) is 0 Å². The fourth-order valence-electron chi connectivity index (χ4n) is 2.65. The third-order valence-electron chi connectivity index (χ3n) is 3.85. The highest BCUT2D eigenvalue weighted by Gasteiger charge is 2.01. The average Bonchev–Trinajstić information content (AvgIpc) is 2.47. The fourth-order valence-corrected chi connectivity index (χ4v) is 3.16. The summed E-state index contributed by atoms with van der Waals surface area (Å²) >= 11 is 3.57. The summed E-state index contributed by atoms with van der Waals surface area (Å²) in [4.78, 5) is 0. The van der Waals surface area contributed by atoms with Gasteiger partial charge in [0, 0.05) is 10.2 Å². The van der Waals surface area contributed by atoms with Crippen LogP contribution in [0.5, 0.6) is 0 Å². The van der Waals surface area contributed by atoms with E-state index in [9.17, 15) is 0 Å². The maximum absolute atomic E-state index is 5.86. The van der Waals surface area contributed by atoms with Gasteiger partial charge in [0.15, 0.2) is 0 Å². The molecule has 22 heavy (non-hydrogen) atoms. The molecule has 0 amide bonds. The molecule has 2 aromatic rings. The van der Waals surface area contributed by atoms with E-state index in [2.05, 4.69) is 81.7 Å². The van der Waals surface area contributed by atoms with Gasteiger partial charge in [0.2, 0.25) is 0 Å². The summed E-state index contributed by atoms with van der Waals surface area (Å²) in [6, 6.07) is 8.71. The van der Waals surface area contributed by atoms with E-state index in [4.69, 9.17) is 5.73 Å². The monoisotopic (exact) mass is 361 g/mol. The molecular formula is C20H28BrN. The Kier molecular flexibility index (Phi) is 7.15. The summed E-state index contributed by atoms with van der Waals surface area (Å²) in [6.45, 7) is 12.7. The summed E-state index contributed by atoms with van der Waals surface area (Å²) in [5.74, 6) is 0. The molecule has 0 aliphatic carbocycles. The third kappa shape index (κ3) is 4.88. The summed E-state index contributed by atoms with van der Waals surface area (Å²) in [5.41, 5.74) is 14.7. The maximum Gasteiger partial charge on any atom is 0.0376 e. The lowest BCUT2D eigenvalue weighted by atomic mass is 10.0. The van der Waals surface area contributed by atoms with Crippen molar-refractivity contribution in [3.63, 3.8) is 0 Å². The van der Waals surface area contributed by atoms with Gasteiger partial charge in [0.1, 0.15) is 0 Å². The van der Waals surface area contributed by atoms with Crippen molar-refractivity contribution in [2.75, 3.05) is 5.73 Å². The van der Waals surface area contributed by atoms with Crippen molar-refractivity contribution in [3.05, 3.63) is 62.1 Å². The predicted molar refractivity (Wildman–Crippen MR) is 103 cm³/mol. The molecule has 0 saturated heterocycles. The van der Waals surface area contributed by atoms with Gasteiger partial charge in [-0.05, 0) is 62.8 Å². The molecule has 0 bridgehead atoms. The van der Waals surface area contributed by atoms with Gasteiger partial charge in [-0.25, -0.2) is 0 Å². The minimum atomic E-state index is 0.957. The van der Waals surface area contributed by atoms with Gasteiger partial charge in [-0.1, -0.05) is 65.2 Å². The highest BCUT2D eigenvalue weighted by molar-refractivity contribution is 9.10. The first-order valence-electron chi connectivity index (χ1n) is 7.91. The van der Waals surface area contributed by atoms with E-state index < -0.39 is 0 Å². The highest BCUT2D eigenvalue weighted by atomic mass is 79.9. The predicted octanol–water partition coefficient (Wildman–Crippen LogP) is 6.08. The van der Waals surface area contributed by atoms with Crippen molar-refractivity contribution in [1.82, 2.24) is 0 Å². The summed E-state index contributed by atoms with van der Waals surface area (Å²) in [5, 5.41) is 0. The van der Waals surface area contributed by atoms with Crippen molar-refractivity contribution < 1.29 is 0 Å². The standard InChI is InChI=1S/C10H13Br.C10H15N/c2*1-4-9-6-7(2)5-8(3)10(9)11/h5-6H,4H2,1-3H3;5-6H,4,11H2,1-3H3. The van der Waals surface area contributed by atoms with Gasteiger partial charge >= 0.3 is 0 Å². The van der Waals surface area contributed by atoms with E-state index in [-0.39, 0.29) is 0 Å². The molecule has 2 N–H and O–H groups in total. The molecule has 2 aromatic carbocycles. The Morgan fingerprint density at radius 1 is 0.773 bits per heavy atom. The van der Waals surface area contributed by atoms with Crippen LogP contribution in [-0.4, -0.2) is 0 Å². The van der Waals surface area contributed by atoms with Gasteiger partial charge in [0.25, 0.3) is 0 Å². The molecule has 0 aliphatic heterocycles. The molecule has 0 radical (unpaired) electrons. The van der Waals surface area contributed by atoms with Crippen LogP contribution in [0.4, 0.5) is 5.69 Å². The van der Waals surface area contributed by atoms with E-state index in [0.717, 1.165) is 18.5 Å². The second kappa shape index (κ2) is 8.38. The van der Waals surface area contributed by atoms with E-state index in [0.29, 0.717) is 0 Å². The smallest absolute Gasteiger partial charge is 0.0376 e. The number of aryl methyl sites for hydroxylation is 6. The molecule has 0 atom stereocenters. The van der Waals surface area contributed by atoms with Crippen molar-refractivity contribution in [3.8, 4) is 0 Å². The van der Waals surface area contributed by atoms with Crippen LogP contribution in [0.1, 0.15) is 47.2 Å². The first-order valence-corrected chi connectivity index (χ1v) is 8.70. The molecular weight excluding hydrogens is 334 g/mol. The Morgan fingerprint density at radius 2 is 1.23 bits per heavy atom. The largest absolute Gasteiger partial charge is 0.398 e. The molecule has 0 heterocycles. The number of halogens is 1. The molecule has 1 nitrogen and oxygen atoms in total. The Labute approximate surface area is 144 Å². The lowest BCUT2D eigenvalue weighted by molar-refractivity contribution is 1.10. The number of hydrogen-bond donors (Lipinski definition) is 1. The van der Waals surface area contributed by atoms with Crippen LogP contribution in [0.25, 0.3) is 0 Å². The first kappa shape index (κ1) is 18.8. The highest BCUT2D eigenvalue weighted by Crippen LogP contribution is 2.23. The van der Waals surface area contributed by atoms with Crippen molar-refractivity contribution >= 4 is 21.6 Å². The van der Waals surface area contributed by atoms with E-state index in [1.807, 2.05) is 0 Å². The second-order valence-corrected chi connectivity index (χ2v) is 6.71. The summed E-state index contributed by atoms with van der Waals surface area (Å²) < 4.78 is 1.27. The van der Waals surface area contributed by atoms with E-state index in [1.54, 1.807) is 0 Å². The number of nitrogens with two attached hydrogens (primary N) is 1. The Hall–Kier alpha value is -1.28. The molecule has 0 fully saturated rings. The van der Waals surface area contributed by atoms with Crippen LogP contribution in [0.3, 0.4) is 0 Å². The van der Waals surface area contributed by atoms with Crippen molar-refractivity contribution in [2.45, 2.75) is 54.4 Å². The molecule has 0 aliphatic rings. The topological polar surface area (TPSA) is 26.0 Å². The Balaban J connectivity index is 0.000000220. The van der Waals surface area contributed by atoms with Crippen LogP contribution in [0, 0.1) is 27.7 Å². The number of benzene rings is 2. The number of anilines is 1. The molecule has 2 rings (SSSR count). The zero-order chi connectivity index (χ0) is 16.9. The van der Waals surface area contributed by atoms with Crippen LogP contribution in [-0.2, 0) is 12.8 Å². The van der Waals surface area contributed by atoms with E-state index >= 15 is 0 Å². The fraction of sp³-hybridized carbons (Fsp3) is 0.400. The average molecular weight is 362 g/mol. The molecule has 0 unspecified atom stereocenters. The van der Waals surface area contributed by atoms with Gasteiger partial charge in [-0.15, -0.1) is 0 Å². The second-order valence-electron chi connectivity index (χ2n) is 5.92. The van der Waals surface area contributed by atoms with Gasteiger partial charge in [-0.3, -0.25) is 0 Å². The quantitative estimate of drug-likeness (QED) is 0.644. The zero-order valence-electron chi connectivity index (χ0n) is 14.7. The third-order valence-corrected chi connectivity index (χ3v) is 4.99. The minimum Gasteiger partial charge on any atom is -0.398 e. The summed E-state index contributed by atoms with van der Waals surface area (Å²) in [6.07, 6.45) is 2.12. The van der Waals surface area contributed by atoms with Crippen LogP contribution < -0.4 is 5.73 Å². The Morgan fingerprint density at radius 3 is 1.73 bits per heavy atom. The molecule has 2 heteroatoms. The lowest BCUT2D eigenvalue weighted by Gasteiger charge is -2.07. The molecule has 0 spiro atoms. The van der Waals surface area contributed by atoms with Gasteiger partial charge in [0.05, 0.1) is 0 Å². The summed E-state index contributed by atoms with van der Waals surface area (Å²) in [7, 11) is 0. The lowest BCUT2D eigenvalue weighted by Crippen LogP contribution is -1.96. The number of nitrogen functional groups attached to an aromatic ring is 1. The molecule has 120 valence electrons. The number of hydrogen-bond acceptors (Lipinski definition) is 1. The maximum atomic E-state index is 5.86. The SMILES string of the molecule is CCc1cc(C)cc(C)c1Br.CCc1cc(C)cc(C)c1N. The van der Waals surface area contributed by atoms with E-state index in [1.165, 1.54) is 37.9 Å². The normalized spacial score (nSPS) is 10.1. The Bertz CT molecular complexity index is 587.